The molecule has 0 radical (unpaired) electrons. The van der Waals surface area contributed by atoms with Crippen molar-refractivity contribution in [3.63, 3.8) is 0 Å². The van der Waals surface area contributed by atoms with Crippen LogP contribution in [0.25, 0.3) is 10.2 Å². The number of thiazole rings is 1. The molecule has 0 saturated carbocycles. The van der Waals surface area contributed by atoms with Gasteiger partial charge in [-0.05, 0) is 35.0 Å². The van der Waals surface area contributed by atoms with Crippen molar-refractivity contribution < 1.29 is 29.6 Å². The Morgan fingerprint density at radius 1 is 1.47 bits per heavy atom. The van der Waals surface area contributed by atoms with Gasteiger partial charge < -0.3 is 18.4 Å². The number of hydrogen-bond acceptors (Lipinski definition) is 5. The Hall–Kier alpha value is -0.600. The second-order valence-corrected chi connectivity index (χ2v) is 4.52. The van der Waals surface area contributed by atoms with Crippen LogP contribution in [0.3, 0.4) is 0 Å². The van der Waals surface area contributed by atoms with Crippen LogP contribution >= 0.6 is 11.3 Å². The SMILES string of the molecule is Cc1ccc2nc(/N=N/N=C(\N)[S-])sc2c1.[Na+]. The van der Waals surface area contributed by atoms with Gasteiger partial charge in [0.15, 0.2) is 0 Å². The number of nitrogens with two attached hydrogens (primary N) is 1. The molecule has 0 atom stereocenters. The number of amidine groups is 1. The van der Waals surface area contributed by atoms with E-state index in [1.54, 1.807) is 0 Å². The molecule has 5 nitrogen and oxygen atoms in total. The Morgan fingerprint density at radius 2 is 2.24 bits per heavy atom. The summed E-state index contributed by atoms with van der Waals surface area (Å²) in [5, 5.41) is 11.2. The summed E-state index contributed by atoms with van der Waals surface area (Å²) in [6.45, 7) is 2.03. The number of nitrogens with zero attached hydrogens (tertiary/aromatic N) is 4. The van der Waals surface area contributed by atoms with E-state index in [9.17, 15) is 0 Å². The fourth-order valence-electron chi connectivity index (χ4n) is 1.17. The van der Waals surface area contributed by atoms with Gasteiger partial charge in [-0.3, -0.25) is 0 Å². The van der Waals surface area contributed by atoms with E-state index in [0.717, 1.165) is 10.2 Å². The van der Waals surface area contributed by atoms with Crippen LogP contribution in [-0.2, 0) is 12.6 Å². The number of hydrogen-bond donors (Lipinski definition) is 1. The van der Waals surface area contributed by atoms with E-state index in [1.165, 1.54) is 16.9 Å². The largest absolute Gasteiger partial charge is 1.00 e. The van der Waals surface area contributed by atoms with Crippen molar-refractivity contribution in [1.82, 2.24) is 4.98 Å². The third kappa shape index (κ3) is 3.97. The van der Waals surface area contributed by atoms with E-state index in [0.29, 0.717) is 5.13 Å². The molecule has 1 heterocycles. The van der Waals surface area contributed by atoms with E-state index in [4.69, 9.17) is 5.73 Å². The number of aromatic nitrogens is 1. The molecule has 0 unspecified atom stereocenters. The van der Waals surface area contributed by atoms with Gasteiger partial charge in [0.1, 0.15) is 0 Å². The molecule has 82 valence electrons. The number of benzene rings is 1. The van der Waals surface area contributed by atoms with Gasteiger partial charge in [-0.25, -0.2) is 4.98 Å². The summed E-state index contributed by atoms with van der Waals surface area (Å²) in [4.78, 5) is 4.26. The summed E-state index contributed by atoms with van der Waals surface area (Å²) in [6, 6.07) is 6.00. The van der Waals surface area contributed by atoms with Crippen molar-refractivity contribution in [1.29, 1.82) is 0 Å². The van der Waals surface area contributed by atoms with Crippen LogP contribution in [-0.4, -0.2) is 10.2 Å². The normalized spacial score (nSPS) is 11.9. The van der Waals surface area contributed by atoms with Gasteiger partial charge in [0.2, 0.25) is 5.13 Å². The third-order valence-electron chi connectivity index (χ3n) is 1.81. The zero-order valence-electron chi connectivity index (χ0n) is 9.41. The summed E-state index contributed by atoms with van der Waals surface area (Å²) in [6.07, 6.45) is 0. The first-order valence-electron chi connectivity index (χ1n) is 4.43. The van der Waals surface area contributed by atoms with E-state index in [-0.39, 0.29) is 34.7 Å². The molecule has 17 heavy (non-hydrogen) atoms. The molecule has 0 saturated heterocycles. The van der Waals surface area contributed by atoms with Gasteiger partial charge in [0.25, 0.3) is 0 Å². The van der Waals surface area contributed by atoms with Crippen LogP contribution in [0.2, 0.25) is 0 Å². The molecule has 2 aromatic rings. The molecule has 0 amide bonds. The molecule has 0 aliphatic carbocycles. The molecular formula is C9H8N5NaS2. The molecule has 1 aromatic heterocycles. The molecule has 2 rings (SSSR count). The Balaban J connectivity index is 0.00000144. The Labute approximate surface area is 130 Å². The predicted octanol–water partition coefficient (Wildman–Crippen LogP) is -0.531. The Kier molecular flexibility index (Phi) is 5.41. The molecular weight excluding hydrogens is 265 g/mol. The summed E-state index contributed by atoms with van der Waals surface area (Å²) in [5.41, 5.74) is 7.24. The van der Waals surface area contributed by atoms with E-state index < -0.39 is 0 Å². The molecule has 0 fully saturated rings. The minimum Gasteiger partial charge on any atom is -0.741 e. The fourth-order valence-corrected chi connectivity index (χ4v) is 2.08. The van der Waals surface area contributed by atoms with E-state index in [2.05, 4.69) is 39.1 Å². The minimum atomic E-state index is -0.0410. The average molecular weight is 273 g/mol. The monoisotopic (exact) mass is 273 g/mol. The first kappa shape index (κ1) is 14.5. The molecule has 1 aromatic carbocycles. The molecule has 8 heteroatoms. The van der Waals surface area contributed by atoms with Gasteiger partial charge >= 0.3 is 29.6 Å². The van der Waals surface area contributed by atoms with Crippen LogP contribution in [0.4, 0.5) is 5.13 Å². The Bertz CT molecular complexity index is 574. The van der Waals surface area contributed by atoms with Gasteiger partial charge in [-0.1, -0.05) is 22.5 Å². The van der Waals surface area contributed by atoms with Crippen LogP contribution in [0.15, 0.2) is 33.6 Å². The van der Waals surface area contributed by atoms with Crippen LogP contribution in [0, 0.1) is 6.92 Å². The number of aryl methyl sites for hydroxylation is 1. The zero-order chi connectivity index (χ0) is 11.5. The van der Waals surface area contributed by atoms with Crippen LogP contribution < -0.4 is 35.3 Å². The van der Waals surface area contributed by atoms with Crippen molar-refractivity contribution in [2.75, 3.05) is 0 Å². The second-order valence-electron chi connectivity index (χ2n) is 3.10. The van der Waals surface area contributed by atoms with Crippen molar-refractivity contribution in [2.24, 2.45) is 21.2 Å². The zero-order valence-corrected chi connectivity index (χ0v) is 13.0. The van der Waals surface area contributed by atoms with Gasteiger partial charge in [0.05, 0.1) is 10.2 Å². The topological polar surface area (TPSA) is 76.0 Å². The maximum absolute atomic E-state index is 5.15. The molecule has 2 N–H and O–H groups in total. The third-order valence-corrected chi connectivity index (χ3v) is 2.79. The molecule has 0 spiro atoms. The van der Waals surface area contributed by atoms with Crippen molar-refractivity contribution in [3.05, 3.63) is 23.8 Å². The fraction of sp³-hybridized carbons (Fsp3) is 0.111. The van der Waals surface area contributed by atoms with Crippen LogP contribution in [0.1, 0.15) is 5.56 Å². The van der Waals surface area contributed by atoms with Gasteiger partial charge in [0, 0.05) is 0 Å². The maximum Gasteiger partial charge on any atom is 1.00 e. The van der Waals surface area contributed by atoms with Crippen molar-refractivity contribution in [2.45, 2.75) is 6.92 Å². The standard InChI is InChI=1S/C9H9N5S2.Na/c1-5-2-3-6-7(4-5)16-9(11-6)13-14-12-8(10)15;/h2-4H,1H3,(H3,10,11,12,13,15);/q;+1/p-1. The second kappa shape index (κ2) is 6.36. The predicted molar refractivity (Wildman–Crippen MR) is 67.9 cm³/mol. The molecule has 0 aliphatic heterocycles. The smallest absolute Gasteiger partial charge is 0.741 e. The van der Waals surface area contributed by atoms with E-state index >= 15 is 0 Å². The maximum atomic E-state index is 5.15. The van der Waals surface area contributed by atoms with Gasteiger partial charge in [-0.2, -0.15) is 0 Å². The number of fused-ring (bicyclic) bond motifs is 1. The first-order chi connectivity index (χ1) is 7.65. The number of rotatable bonds is 2. The quantitative estimate of drug-likeness (QED) is 0.199. The Morgan fingerprint density at radius 3 is 2.94 bits per heavy atom. The van der Waals surface area contributed by atoms with Crippen LogP contribution in [0.5, 0.6) is 0 Å². The van der Waals surface area contributed by atoms with Gasteiger partial charge in [-0.15, -0.1) is 5.10 Å². The first-order valence-corrected chi connectivity index (χ1v) is 5.66. The van der Waals surface area contributed by atoms with E-state index in [1.807, 2.05) is 19.1 Å². The molecule has 0 bridgehead atoms. The summed E-state index contributed by atoms with van der Waals surface area (Å²) >= 11 is 5.98. The van der Waals surface area contributed by atoms with Crippen molar-refractivity contribution >= 4 is 44.5 Å². The summed E-state index contributed by atoms with van der Waals surface area (Å²) in [7, 11) is 0. The van der Waals surface area contributed by atoms with Crippen molar-refractivity contribution in [3.8, 4) is 0 Å². The summed E-state index contributed by atoms with van der Waals surface area (Å²) < 4.78 is 1.07. The molecule has 0 aliphatic rings. The minimum absolute atomic E-state index is 0. The summed E-state index contributed by atoms with van der Waals surface area (Å²) in [5.74, 6) is 0. The average Bonchev–Trinajstić information content (AvgIpc) is 2.58.